The van der Waals surface area contributed by atoms with E-state index in [9.17, 15) is 23.4 Å². The first-order valence-electron chi connectivity index (χ1n) is 7.03. The quantitative estimate of drug-likeness (QED) is 0.832. The van der Waals surface area contributed by atoms with Crippen LogP contribution in [0.4, 0.5) is 0 Å². The summed E-state index contributed by atoms with van der Waals surface area (Å²) in [6.07, 6.45) is 4.50. The Balaban J connectivity index is 1.99. The molecule has 2 aliphatic rings. The highest BCUT2D eigenvalue weighted by molar-refractivity contribution is 7.89. The van der Waals surface area contributed by atoms with E-state index in [-0.39, 0.29) is 23.2 Å². The molecule has 21 heavy (non-hydrogen) atoms. The lowest BCUT2D eigenvalue weighted by atomic mass is 10.2. The second-order valence-electron chi connectivity index (χ2n) is 5.60. The van der Waals surface area contributed by atoms with Gasteiger partial charge in [-0.25, -0.2) is 13.2 Å². The van der Waals surface area contributed by atoms with Crippen LogP contribution in [-0.4, -0.2) is 52.7 Å². The van der Waals surface area contributed by atoms with Crippen LogP contribution in [0.25, 0.3) is 0 Å². The summed E-state index contributed by atoms with van der Waals surface area (Å²) in [4.78, 5) is 11.3. The van der Waals surface area contributed by atoms with Crippen molar-refractivity contribution in [3.8, 4) is 0 Å². The van der Waals surface area contributed by atoms with Crippen molar-refractivity contribution in [3.05, 3.63) is 18.0 Å². The molecule has 1 saturated carbocycles. The van der Waals surface area contributed by atoms with Gasteiger partial charge in [0.1, 0.15) is 10.6 Å². The normalized spacial score (nSPS) is 23.6. The number of carboxylic acid groups (broad SMARTS) is 1. The number of aromatic nitrogens is 1. The molecule has 1 aromatic heterocycles. The predicted octanol–water partition coefficient (Wildman–Crippen LogP) is 0.667. The van der Waals surface area contributed by atoms with Gasteiger partial charge in [0.05, 0.1) is 6.61 Å². The van der Waals surface area contributed by atoms with E-state index in [1.807, 2.05) is 0 Å². The summed E-state index contributed by atoms with van der Waals surface area (Å²) in [6.45, 7) is 0.152. The average Bonchev–Trinajstić information content (AvgIpc) is 3.01. The first-order valence-corrected chi connectivity index (χ1v) is 8.47. The van der Waals surface area contributed by atoms with Crippen molar-refractivity contribution in [3.63, 3.8) is 0 Å². The van der Waals surface area contributed by atoms with Crippen molar-refractivity contribution in [1.29, 1.82) is 0 Å². The van der Waals surface area contributed by atoms with Crippen LogP contribution in [0.15, 0.2) is 17.2 Å². The lowest BCUT2D eigenvalue weighted by Crippen LogP contribution is -2.37. The largest absolute Gasteiger partial charge is 0.477 e. The Hall–Kier alpha value is -1.38. The number of rotatable bonds is 5. The standard InChI is InChI=1S/C13H18N2O5S/c16-8-10-2-1-5-15(10)21(19,20)11-6-12(13(17)18)14(7-11)9-3-4-9/h6-7,9-10,16H,1-5,8H2,(H,17,18)/t10-/m1/s1. The van der Waals surface area contributed by atoms with E-state index in [1.165, 1.54) is 16.6 Å². The molecule has 0 aromatic carbocycles. The highest BCUT2D eigenvalue weighted by Crippen LogP contribution is 2.38. The van der Waals surface area contributed by atoms with Crippen LogP contribution in [0, 0.1) is 0 Å². The molecule has 0 amide bonds. The Bertz CT molecular complexity index is 662. The van der Waals surface area contributed by atoms with Crippen LogP contribution in [0.2, 0.25) is 0 Å². The minimum Gasteiger partial charge on any atom is -0.477 e. The van der Waals surface area contributed by atoms with Gasteiger partial charge in [0.25, 0.3) is 0 Å². The van der Waals surface area contributed by atoms with E-state index < -0.39 is 22.0 Å². The van der Waals surface area contributed by atoms with Gasteiger partial charge in [0.15, 0.2) is 0 Å². The van der Waals surface area contributed by atoms with Crippen molar-refractivity contribution in [2.45, 2.75) is 42.7 Å². The summed E-state index contributed by atoms with van der Waals surface area (Å²) in [5.41, 5.74) is 0.0100. The molecule has 1 aromatic rings. The number of hydrogen-bond acceptors (Lipinski definition) is 4. The molecule has 116 valence electrons. The second kappa shape index (κ2) is 5.11. The molecule has 2 heterocycles. The van der Waals surface area contributed by atoms with Crippen molar-refractivity contribution in [2.24, 2.45) is 0 Å². The number of aliphatic hydroxyl groups excluding tert-OH is 1. The summed E-state index contributed by atoms with van der Waals surface area (Å²) >= 11 is 0. The van der Waals surface area contributed by atoms with Gasteiger partial charge < -0.3 is 14.8 Å². The fraction of sp³-hybridized carbons (Fsp3) is 0.615. The van der Waals surface area contributed by atoms with Crippen molar-refractivity contribution in [2.75, 3.05) is 13.2 Å². The topological polar surface area (TPSA) is 99.8 Å². The zero-order chi connectivity index (χ0) is 15.2. The van der Waals surface area contributed by atoms with E-state index in [1.54, 1.807) is 4.57 Å². The third-order valence-corrected chi connectivity index (χ3v) is 6.04. The van der Waals surface area contributed by atoms with Crippen LogP contribution in [0.5, 0.6) is 0 Å². The molecule has 0 bridgehead atoms. The molecule has 2 N–H and O–H groups in total. The van der Waals surface area contributed by atoms with Crippen molar-refractivity contribution in [1.82, 2.24) is 8.87 Å². The number of carboxylic acids is 1. The molecular formula is C13H18N2O5S. The van der Waals surface area contributed by atoms with E-state index in [0.29, 0.717) is 19.4 Å². The molecule has 2 fully saturated rings. The highest BCUT2D eigenvalue weighted by atomic mass is 32.2. The van der Waals surface area contributed by atoms with Crippen LogP contribution >= 0.6 is 0 Å². The molecular weight excluding hydrogens is 296 g/mol. The summed E-state index contributed by atoms with van der Waals surface area (Å²) in [5.74, 6) is -1.12. The lowest BCUT2D eigenvalue weighted by molar-refractivity contribution is 0.0685. The minimum atomic E-state index is -3.75. The third kappa shape index (κ3) is 2.47. The molecule has 0 spiro atoms. The molecule has 7 nitrogen and oxygen atoms in total. The van der Waals surface area contributed by atoms with Gasteiger partial charge >= 0.3 is 5.97 Å². The molecule has 3 rings (SSSR count). The number of nitrogens with zero attached hydrogens (tertiary/aromatic N) is 2. The first-order chi connectivity index (χ1) is 9.95. The zero-order valence-corrected chi connectivity index (χ0v) is 12.3. The molecule has 1 atom stereocenters. The molecule has 8 heteroatoms. The Kier molecular flexibility index (Phi) is 3.54. The van der Waals surface area contributed by atoms with Crippen molar-refractivity contribution >= 4 is 16.0 Å². The molecule has 1 aliphatic heterocycles. The monoisotopic (exact) mass is 314 g/mol. The van der Waals surface area contributed by atoms with E-state index >= 15 is 0 Å². The summed E-state index contributed by atoms with van der Waals surface area (Å²) in [6, 6.07) is 0.905. The predicted molar refractivity (Wildman–Crippen MR) is 73.7 cm³/mol. The maximum atomic E-state index is 12.6. The van der Waals surface area contributed by atoms with Gasteiger partial charge in [0.2, 0.25) is 10.0 Å². The lowest BCUT2D eigenvalue weighted by Gasteiger charge is -2.21. The van der Waals surface area contributed by atoms with Crippen LogP contribution in [0.3, 0.4) is 0 Å². The number of aliphatic hydroxyl groups is 1. The maximum absolute atomic E-state index is 12.6. The van der Waals surface area contributed by atoms with Crippen LogP contribution in [-0.2, 0) is 10.0 Å². The van der Waals surface area contributed by atoms with Gasteiger partial charge in [-0.3, -0.25) is 0 Å². The fourth-order valence-corrected chi connectivity index (χ4v) is 4.58. The summed E-state index contributed by atoms with van der Waals surface area (Å²) < 4.78 is 28.1. The SMILES string of the molecule is O=C(O)c1cc(S(=O)(=O)N2CCC[C@@H]2CO)cn1C1CC1. The van der Waals surface area contributed by atoms with E-state index in [0.717, 1.165) is 12.8 Å². The zero-order valence-electron chi connectivity index (χ0n) is 11.5. The fourth-order valence-electron chi connectivity index (χ4n) is 2.86. The van der Waals surface area contributed by atoms with E-state index in [2.05, 4.69) is 0 Å². The number of hydrogen-bond donors (Lipinski definition) is 2. The van der Waals surface area contributed by atoms with Crippen LogP contribution < -0.4 is 0 Å². The third-order valence-electron chi connectivity index (χ3n) is 4.12. The van der Waals surface area contributed by atoms with Crippen molar-refractivity contribution < 1.29 is 23.4 Å². The van der Waals surface area contributed by atoms with E-state index in [4.69, 9.17) is 0 Å². The summed E-state index contributed by atoms with van der Waals surface area (Å²) in [5, 5.41) is 18.5. The number of aromatic carboxylic acids is 1. The highest BCUT2D eigenvalue weighted by Gasteiger charge is 2.37. The Morgan fingerprint density at radius 1 is 1.33 bits per heavy atom. The molecule has 0 unspecified atom stereocenters. The molecule has 0 radical (unpaired) electrons. The second-order valence-corrected chi connectivity index (χ2v) is 7.49. The van der Waals surface area contributed by atoms with Gasteiger partial charge in [-0.1, -0.05) is 0 Å². The van der Waals surface area contributed by atoms with Gasteiger partial charge in [-0.05, 0) is 31.7 Å². The maximum Gasteiger partial charge on any atom is 0.352 e. The number of carbonyl (C=O) groups is 1. The smallest absolute Gasteiger partial charge is 0.352 e. The Morgan fingerprint density at radius 3 is 2.62 bits per heavy atom. The summed E-state index contributed by atoms with van der Waals surface area (Å²) in [7, 11) is -3.75. The molecule has 1 aliphatic carbocycles. The van der Waals surface area contributed by atoms with Gasteiger partial charge in [-0.15, -0.1) is 0 Å². The average molecular weight is 314 g/mol. The van der Waals surface area contributed by atoms with Gasteiger partial charge in [-0.2, -0.15) is 4.31 Å². The van der Waals surface area contributed by atoms with Crippen LogP contribution in [0.1, 0.15) is 42.2 Å². The Morgan fingerprint density at radius 2 is 2.05 bits per heavy atom. The van der Waals surface area contributed by atoms with Gasteiger partial charge in [0, 0.05) is 24.8 Å². The molecule has 1 saturated heterocycles. The Labute approximate surface area is 122 Å². The first kappa shape index (κ1) is 14.6. The number of sulfonamides is 1. The minimum absolute atomic E-state index is 0.00662.